The van der Waals surface area contributed by atoms with Crippen molar-refractivity contribution in [3.8, 4) is 11.3 Å². The largest absolute Gasteiger partial charge is 0.461 e. The van der Waals surface area contributed by atoms with Crippen molar-refractivity contribution in [2.75, 3.05) is 0 Å². The van der Waals surface area contributed by atoms with Crippen LogP contribution in [0.2, 0.25) is 0 Å². The maximum absolute atomic E-state index is 12.7. The summed E-state index contributed by atoms with van der Waals surface area (Å²) in [6.07, 6.45) is 5.11. The molecule has 0 spiro atoms. The summed E-state index contributed by atoms with van der Waals surface area (Å²) < 4.78 is 12.8. The minimum Gasteiger partial charge on any atom is -0.461 e. The number of benzene rings is 3. The van der Waals surface area contributed by atoms with Crippen LogP contribution in [-0.2, 0) is 32.3 Å². The molecule has 0 amide bonds. The Morgan fingerprint density at radius 1 is 0.917 bits per heavy atom. The second-order valence-electron chi connectivity index (χ2n) is 8.77. The Morgan fingerprint density at radius 2 is 1.58 bits per heavy atom. The maximum Gasteiger partial charge on any atom is 0.331 e. The van der Waals surface area contributed by atoms with Gasteiger partial charge in [0, 0.05) is 17.8 Å². The van der Waals surface area contributed by atoms with Gasteiger partial charge in [-0.25, -0.2) is 4.79 Å². The molecule has 36 heavy (non-hydrogen) atoms. The van der Waals surface area contributed by atoms with E-state index >= 15 is 0 Å². The molecule has 1 atom stereocenters. The summed E-state index contributed by atoms with van der Waals surface area (Å²) >= 11 is 0. The van der Waals surface area contributed by atoms with Gasteiger partial charge in [0.15, 0.2) is 0 Å². The van der Waals surface area contributed by atoms with Crippen LogP contribution in [0.5, 0.6) is 0 Å². The van der Waals surface area contributed by atoms with Gasteiger partial charge in [-0.3, -0.25) is 9.48 Å². The minimum absolute atomic E-state index is 0.167. The number of fused-ring (bicyclic) bond motifs is 3. The van der Waals surface area contributed by atoms with Gasteiger partial charge < -0.3 is 9.47 Å². The van der Waals surface area contributed by atoms with Gasteiger partial charge in [0.2, 0.25) is 0 Å². The van der Waals surface area contributed by atoms with E-state index in [0.717, 1.165) is 39.1 Å². The molecule has 4 aromatic rings. The quantitative estimate of drug-likeness (QED) is 0.242. The molecule has 0 radical (unpaired) electrons. The van der Waals surface area contributed by atoms with Gasteiger partial charge in [0.1, 0.15) is 13.2 Å². The van der Waals surface area contributed by atoms with Crippen LogP contribution >= 0.6 is 0 Å². The van der Waals surface area contributed by atoms with Gasteiger partial charge in [-0.2, -0.15) is 5.10 Å². The molecular weight excluding hydrogens is 452 g/mol. The Balaban J connectivity index is 1.33. The number of carbonyl (C=O) groups excluding carboxylic acids is 2. The van der Waals surface area contributed by atoms with E-state index in [4.69, 9.17) is 9.47 Å². The number of aryl methyl sites for hydroxylation is 1. The van der Waals surface area contributed by atoms with Crippen LogP contribution in [0.4, 0.5) is 0 Å². The third kappa shape index (κ3) is 5.13. The summed E-state index contributed by atoms with van der Waals surface area (Å²) in [5.74, 6) is -0.706. The summed E-state index contributed by atoms with van der Waals surface area (Å²) in [5, 5.41) is 4.49. The molecule has 6 heteroatoms. The van der Waals surface area contributed by atoms with Crippen LogP contribution in [0.1, 0.15) is 40.3 Å². The van der Waals surface area contributed by atoms with Crippen molar-refractivity contribution in [2.45, 2.75) is 32.6 Å². The molecule has 1 aliphatic heterocycles. The Kier molecular flexibility index (Phi) is 6.76. The van der Waals surface area contributed by atoms with E-state index < -0.39 is 5.97 Å². The van der Waals surface area contributed by atoms with Gasteiger partial charge in [-0.15, -0.1) is 0 Å². The molecule has 1 unspecified atom stereocenters. The number of aromatic nitrogens is 2. The highest BCUT2D eigenvalue weighted by atomic mass is 16.5. The highest BCUT2D eigenvalue weighted by Crippen LogP contribution is 2.43. The highest BCUT2D eigenvalue weighted by molar-refractivity contribution is 5.90. The molecule has 0 fully saturated rings. The maximum atomic E-state index is 12.7. The number of hydrogen-bond acceptors (Lipinski definition) is 5. The van der Waals surface area contributed by atoms with Crippen LogP contribution in [0, 0.1) is 6.92 Å². The Morgan fingerprint density at radius 3 is 2.28 bits per heavy atom. The van der Waals surface area contributed by atoms with E-state index in [0.29, 0.717) is 0 Å². The van der Waals surface area contributed by atoms with Gasteiger partial charge in [0.25, 0.3) is 0 Å². The van der Waals surface area contributed by atoms with Crippen molar-refractivity contribution in [3.63, 3.8) is 0 Å². The van der Waals surface area contributed by atoms with Crippen LogP contribution in [0.3, 0.4) is 0 Å². The van der Waals surface area contributed by atoms with Gasteiger partial charge in [-0.05, 0) is 41.3 Å². The molecule has 1 aromatic heterocycles. The summed E-state index contributed by atoms with van der Waals surface area (Å²) in [5.41, 5.74) is 6.64. The molecule has 0 saturated heterocycles. The fourth-order valence-corrected chi connectivity index (χ4v) is 4.51. The number of ether oxygens (including phenoxy) is 2. The Bertz CT molecular complexity index is 1410. The molecule has 5 rings (SSSR count). The van der Waals surface area contributed by atoms with Crippen LogP contribution in [0.25, 0.3) is 17.3 Å². The lowest BCUT2D eigenvalue weighted by atomic mass is 9.93. The second-order valence-corrected chi connectivity index (χ2v) is 8.77. The van der Waals surface area contributed by atoms with E-state index in [2.05, 4.69) is 11.2 Å². The third-order valence-electron chi connectivity index (χ3n) is 6.15. The first-order valence-electron chi connectivity index (χ1n) is 11.9. The first kappa shape index (κ1) is 23.3. The Labute approximate surface area is 209 Å². The number of rotatable bonds is 8. The van der Waals surface area contributed by atoms with E-state index in [1.807, 2.05) is 84.4 Å². The van der Waals surface area contributed by atoms with E-state index in [1.165, 1.54) is 6.08 Å². The molecule has 6 nitrogen and oxygen atoms in total. The first-order valence-corrected chi connectivity index (χ1v) is 11.9. The highest BCUT2D eigenvalue weighted by Gasteiger charge is 2.33. The molecule has 1 aliphatic rings. The van der Waals surface area contributed by atoms with E-state index in [9.17, 15) is 9.59 Å². The van der Waals surface area contributed by atoms with Gasteiger partial charge in [0.05, 0.1) is 18.2 Å². The molecule has 180 valence electrons. The van der Waals surface area contributed by atoms with Crippen LogP contribution in [0.15, 0.2) is 91.1 Å². The average Bonchev–Trinajstić information content (AvgIpc) is 3.48. The molecule has 0 saturated carbocycles. The summed E-state index contributed by atoms with van der Waals surface area (Å²) in [7, 11) is 0. The third-order valence-corrected chi connectivity index (χ3v) is 6.15. The molecule has 3 aromatic carbocycles. The zero-order valence-corrected chi connectivity index (χ0v) is 20.0. The monoisotopic (exact) mass is 478 g/mol. The standard InChI is InChI=1S/C30H26N2O4/c1-21-16-24(12-13-28(33)35-19-22-8-4-2-5-9-22)30-25(17-21)27(32-26(30)14-15-31-32)18-29(34)36-20-23-10-6-3-7-11-23/h2-17,27H,18-20H2,1H3/b13-12+. The molecular formula is C30H26N2O4. The average molecular weight is 479 g/mol. The van der Waals surface area contributed by atoms with Crippen molar-refractivity contribution in [1.29, 1.82) is 0 Å². The van der Waals surface area contributed by atoms with Gasteiger partial charge in [-0.1, -0.05) is 78.4 Å². The fourth-order valence-electron chi connectivity index (χ4n) is 4.51. The zero-order chi connectivity index (χ0) is 24.9. The minimum atomic E-state index is -0.415. The Hall–Kier alpha value is -4.45. The summed E-state index contributed by atoms with van der Waals surface area (Å²) in [4.78, 5) is 25.1. The SMILES string of the molecule is Cc1cc(/C=C/C(=O)OCc2ccccc2)c2c(c1)C(CC(=O)OCc1ccccc1)n1nccc1-2. The van der Waals surface area contributed by atoms with Crippen molar-refractivity contribution in [3.05, 3.63) is 119 Å². The first-order chi connectivity index (χ1) is 17.6. The number of carbonyl (C=O) groups is 2. The number of esters is 2. The second kappa shape index (κ2) is 10.4. The lowest BCUT2D eigenvalue weighted by Crippen LogP contribution is -2.15. The van der Waals surface area contributed by atoms with E-state index in [-0.39, 0.29) is 31.6 Å². The van der Waals surface area contributed by atoms with E-state index in [1.54, 1.807) is 12.3 Å². The molecule has 0 N–H and O–H groups in total. The predicted octanol–water partition coefficient (Wildman–Crippen LogP) is 5.65. The molecule has 0 bridgehead atoms. The predicted molar refractivity (Wildman–Crippen MR) is 137 cm³/mol. The summed E-state index contributed by atoms with van der Waals surface area (Å²) in [6, 6.07) is 24.9. The molecule has 0 aliphatic carbocycles. The van der Waals surface area contributed by atoms with Crippen LogP contribution in [-0.4, -0.2) is 21.7 Å². The van der Waals surface area contributed by atoms with Crippen molar-refractivity contribution >= 4 is 18.0 Å². The van der Waals surface area contributed by atoms with Crippen molar-refractivity contribution < 1.29 is 19.1 Å². The molecule has 2 heterocycles. The topological polar surface area (TPSA) is 70.4 Å². The fraction of sp³-hybridized carbons (Fsp3) is 0.167. The normalized spacial score (nSPS) is 13.9. The summed E-state index contributed by atoms with van der Waals surface area (Å²) in [6.45, 7) is 2.45. The lowest BCUT2D eigenvalue weighted by Gasteiger charge is -2.14. The van der Waals surface area contributed by atoms with Crippen molar-refractivity contribution in [1.82, 2.24) is 9.78 Å². The smallest absolute Gasteiger partial charge is 0.331 e. The van der Waals surface area contributed by atoms with Crippen molar-refractivity contribution in [2.24, 2.45) is 0 Å². The van der Waals surface area contributed by atoms with Crippen LogP contribution < -0.4 is 0 Å². The lowest BCUT2D eigenvalue weighted by molar-refractivity contribution is -0.145. The zero-order valence-electron chi connectivity index (χ0n) is 20.0. The number of hydrogen-bond donors (Lipinski definition) is 0. The van der Waals surface area contributed by atoms with Gasteiger partial charge >= 0.3 is 11.9 Å². The number of nitrogens with zero attached hydrogens (tertiary/aromatic N) is 2.